The van der Waals surface area contributed by atoms with Crippen molar-refractivity contribution in [1.82, 2.24) is 0 Å². The zero-order valence-corrected chi connectivity index (χ0v) is 18.3. The number of ether oxygens (including phenoxy) is 4. The zero-order valence-electron chi connectivity index (χ0n) is 15.2. The highest BCUT2D eigenvalue weighted by Gasteiger charge is 2.28. The number of halogens is 2. The summed E-state index contributed by atoms with van der Waals surface area (Å²) in [4.78, 5) is 44.0. The molecule has 0 bridgehead atoms. The molecule has 0 aliphatic carbocycles. The van der Waals surface area contributed by atoms with E-state index in [1.807, 2.05) is 0 Å². The minimum atomic E-state index is -1.32. The number of alkyl halides is 2. The molecular weight excluding hydrogens is 504 g/mol. The molecule has 2 atom stereocenters. The van der Waals surface area contributed by atoms with E-state index in [1.165, 1.54) is 0 Å². The molecule has 0 fully saturated rings. The average Bonchev–Trinajstić information content (AvgIpc) is 2.68. The van der Waals surface area contributed by atoms with Gasteiger partial charge in [0.15, 0.2) is 0 Å². The molecule has 8 nitrogen and oxygen atoms in total. The van der Waals surface area contributed by atoms with Crippen LogP contribution in [0.4, 0.5) is 0 Å². The van der Waals surface area contributed by atoms with Crippen molar-refractivity contribution in [2.75, 3.05) is 26.4 Å². The van der Waals surface area contributed by atoms with Crippen molar-refractivity contribution in [1.29, 1.82) is 0 Å². The van der Waals surface area contributed by atoms with Gasteiger partial charge in [-0.25, -0.2) is 0 Å². The van der Waals surface area contributed by atoms with Gasteiger partial charge in [0.05, 0.1) is 24.4 Å². The lowest BCUT2D eigenvalue weighted by Crippen LogP contribution is -2.29. The first-order valence-electron chi connectivity index (χ1n) is 7.83. The highest BCUT2D eigenvalue weighted by Crippen LogP contribution is 2.11. The molecule has 0 aromatic carbocycles. The van der Waals surface area contributed by atoms with Crippen molar-refractivity contribution >= 4 is 55.7 Å². The van der Waals surface area contributed by atoms with Gasteiger partial charge in [0, 0.05) is 0 Å². The van der Waals surface area contributed by atoms with Crippen LogP contribution in [0, 0.1) is 24.7 Å². The molecule has 0 heterocycles. The summed E-state index contributed by atoms with van der Waals surface area (Å²) in [5.74, 6) is 0.981. The summed E-state index contributed by atoms with van der Waals surface area (Å²) in [6.07, 6.45) is 10.7. The SMILES string of the molecule is C#C/C(COC(=O)C(Br)C(=O)OCC)=C(/C#C)COC(=O)C(Br)C(=O)OCC. The Morgan fingerprint density at radius 1 is 0.714 bits per heavy atom. The highest BCUT2D eigenvalue weighted by atomic mass is 79.9. The van der Waals surface area contributed by atoms with Crippen LogP contribution in [-0.4, -0.2) is 60.0 Å². The summed E-state index contributed by atoms with van der Waals surface area (Å²) >= 11 is 5.70. The molecule has 0 aromatic heterocycles. The molecule has 0 amide bonds. The second-order valence-electron chi connectivity index (χ2n) is 4.69. The van der Waals surface area contributed by atoms with Crippen LogP contribution >= 0.6 is 31.9 Å². The number of carbonyl (C=O) groups excluding carboxylic acids is 4. The third-order valence-corrected chi connectivity index (χ3v) is 4.33. The van der Waals surface area contributed by atoms with Gasteiger partial charge >= 0.3 is 23.9 Å². The van der Waals surface area contributed by atoms with E-state index < -0.39 is 46.7 Å². The van der Waals surface area contributed by atoms with E-state index >= 15 is 0 Å². The van der Waals surface area contributed by atoms with Gasteiger partial charge in [-0.2, -0.15) is 0 Å². The van der Waals surface area contributed by atoms with E-state index in [0.717, 1.165) is 0 Å². The summed E-state index contributed by atoms with van der Waals surface area (Å²) in [5.41, 5.74) is 0.101. The monoisotopic (exact) mass is 520 g/mol. The molecule has 0 N–H and O–H groups in total. The van der Waals surface area contributed by atoms with Crippen LogP contribution < -0.4 is 0 Å². The maximum Gasteiger partial charge on any atom is 0.331 e. The predicted molar refractivity (Wildman–Crippen MR) is 105 cm³/mol. The summed E-state index contributed by atoms with van der Waals surface area (Å²) in [5, 5.41) is 0. The van der Waals surface area contributed by atoms with Gasteiger partial charge in [-0.1, -0.05) is 43.7 Å². The lowest BCUT2D eigenvalue weighted by molar-refractivity contribution is -0.154. The third-order valence-electron chi connectivity index (χ3n) is 2.83. The Hall–Kier alpha value is -2.30. The van der Waals surface area contributed by atoms with Crippen LogP contribution in [-0.2, 0) is 38.1 Å². The molecular formula is C18H18Br2O8. The summed E-state index contributed by atoms with van der Waals surface area (Å²) < 4.78 is 19.2. The van der Waals surface area contributed by atoms with E-state index in [2.05, 4.69) is 53.2 Å². The van der Waals surface area contributed by atoms with Crippen molar-refractivity contribution in [3.05, 3.63) is 11.1 Å². The topological polar surface area (TPSA) is 105 Å². The van der Waals surface area contributed by atoms with Gasteiger partial charge in [-0.3, -0.25) is 19.2 Å². The van der Waals surface area contributed by atoms with Gasteiger partial charge < -0.3 is 18.9 Å². The summed E-state index contributed by atoms with van der Waals surface area (Å²) in [7, 11) is 0. The molecule has 0 radical (unpaired) electrons. The van der Waals surface area contributed by atoms with Crippen molar-refractivity contribution in [3.63, 3.8) is 0 Å². The molecule has 0 saturated heterocycles. The fourth-order valence-corrected chi connectivity index (χ4v) is 2.02. The zero-order chi connectivity index (χ0) is 21.7. The lowest BCUT2D eigenvalue weighted by Gasteiger charge is -2.12. The average molecular weight is 522 g/mol. The Kier molecular flexibility index (Phi) is 12.7. The Morgan fingerprint density at radius 3 is 1.25 bits per heavy atom. The molecule has 0 rings (SSSR count). The quantitative estimate of drug-likeness (QED) is 0.139. The maximum absolute atomic E-state index is 11.8. The number of rotatable bonds is 10. The van der Waals surface area contributed by atoms with Crippen molar-refractivity contribution < 1.29 is 38.1 Å². The predicted octanol–water partition coefficient (Wildman–Crippen LogP) is 1.29. The first-order chi connectivity index (χ1) is 13.2. The molecule has 10 heteroatoms. The first kappa shape index (κ1) is 25.7. The molecule has 152 valence electrons. The third kappa shape index (κ3) is 8.59. The number of esters is 4. The fourth-order valence-electron chi connectivity index (χ4n) is 1.49. The second-order valence-corrected chi connectivity index (χ2v) is 6.52. The summed E-state index contributed by atoms with van der Waals surface area (Å²) in [6.45, 7) is 2.50. The van der Waals surface area contributed by atoms with Gasteiger partial charge in [-0.15, -0.1) is 12.8 Å². The van der Waals surface area contributed by atoms with E-state index in [0.29, 0.717) is 0 Å². The molecule has 2 unspecified atom stereocenters. The first-order valence-corrected chi connectivity index (χ1v) is 9.66. The fraction of sp³-hybridized carbons (Fsp3) is 0.444. The molecule has 0 aromatic rings. The highest BCUT2D eigenvalue weighted by molar-refractivity contribution is 9.10. The lowest BCUT2D eigenvalue weighted by atomic mass is 10.1. The van der Waals surface area contributed by atoms with Crippen molar-refractivity contribution in [2.24, 2.45) is 0 Å². The molecule has 28 heavy (non-hydrogen) atoms. The summed E-state index contributed by atoms with van der Waals surface area (Å²) in [6, 6.07) is 0. The van der Waals surface area contributed by atoms with E-state index in [9.17, 15) is 19.2 Å². The Bertz CT molecular complexity index is 654. The van der Waals surface area contributed by atoms with Crippen LogP contribution in [0.5, 0.6) is 0 Å². The Morgan fingerprint density at radius 2 is 1.00 bits per heavy atom. The maximum atomic E-state index is 11.8. The smallest absolute Gasteiger partial charge is 0.331 e. The normalized spacial score (nSPS) is 12.9. The van der Waals surface area contributed by atoms with Crippen LogP contribution in [0.3, 0.4) is 0 Å². The van der Waals surface area contributed by atoms with Crippen molar-refractivity contribution in [3.8, 4) is 24.7 Å². The van der Waals surface area contributed by atoms with E-state index in [-0.39, 0.29) is 24.4 Å². The molecule has 0 aliphatic heterocycles. The van der Waals surface area contributed by atoms with E-state index in [1.54, 1.807) is 13.8 Å². The van der Waals surface area contributed by atoms with Crippen molar-refractivity contribution in [2.45, 2.75) is 23.5 Å². The van der Waals surface area contributed by atoms with Gasteiger partial charge in [-0.05, 0) is 13.8 Å². The van der Waals surface area contributed by atoms with Crippen LogP contribution in [0.15, 0.2) is 11.1 Å². The molecule has 0 spiro atoms. The Balaban J connectivity index is 4.95. The number of carbonyl (C=O) groups is 4. The number of hydrogen-bond donors (Lipinski definition) is 0. The molecule has 0 aliphatic rings. The second kappa shape index (κ2) is 13.8. The van der Waals surface area contributed by atoms with Gasteiger partial charge in [0.25, 0.3) is 0 Å². The minimum absolute atomic E-state index is 0.0504. The number of hydrogen-bond acceptors (Lipinski definition) is 8. The standard InChI is InChI=1S/C18H18Br2O8/c1-5-11(9-27-17(23)13(19)15(21)25-7-3)12(6-2)10-28-18(24)14(20)16(22)26-8-4/h1-2,13-14H,7-10H2,3-4H3/b12-11+. The van der Waals surface area contributed by atoms with E-state index in [4.69, 9.17) is 22.3 Å². The van der Waals surface area contributed by atoms with Crippen LogP contribution in [0.1, 0.15) is 13.8 Å². The molecule has 0 saturated carbocycles. The Labute approximate surface area is 179 Å². The van der Waals surface area contributed by atoms with Gasteiger partial charge in [0.2, 0.25) is 9.65 Å². The largest absolute Gasteiger partial charge is 0.465 e. The van der Waals surface area contributed by atoms with Gasteiger partial charge in [0.1, 0.15) is 13.2 Å². The van der Waals surface area contributed by atoms with Crippen LogP contribution in [0.25, 0.3) is 0 Å². The van der Waals surface area contributed by atoms with Crippen LogP contribution in [0.2, 0.25) is 0 Å². The number of terminal acetylenes is 2. The minimum Gasteiger partial charge on any atom is -0.465 e.